The van der Waals surface area contributed by atoms with Crippen molar-refractivity contribution in [2.45, 2.75) is 19.4 Å². The zero-order valence-corrected chi connectivity index (χ0v) is 8.01. The molecule has 0 radical (unpaired) electrons. The normalized spacial score (nSPS) is 28.2. The fraction of sp³-hybridized carbons (Fsp3) is 0.750. The lowest BCUT2D eigenvalue weighted by atomic mass is 10.3. The molecule has 0 amide bonds. The molecule has 0 saturated carbocycles. The van der Waals surface area contributed by atoms with Crippen molar-refractivity contribution in [3.63, 3.8) is 0 Å². The van der Waals surface area contributed by atoms with E-state index in [1.165, 1.54) is 0 Å². The SMILES string of the molecule is C/C=C/CO[C@H]1CCS(=O)(=O)C1. The van der Waals surface area contributed by atoms with E-state index in [2.05, 4.69) is 0 Å². The maximum Gasteiger partial charge on any atom is 0.152 e. The van der Waals surface area contributed by atoms with Gasteiger partial charge in [0.2, 0.25) is 0 Å². The van der Waals surface area contributed by atoms with Gasteiger partial charge in [0, 0.05) is 0 Å². The quantitative estimate of drug-likeness (QED) is 0.617. The van der Waals surface area contributed by atoms with Crippen LogP contribution in [-0.4, -0.2) is 32.6 Å². The Morgan fingerprint density at radius 1 is 1.58 bits per heavy atom. The van der Waals surface area contributed by atoms with Crippen molar-refractivity contribution in [3.8, 4) is 0 Å². The molecule has 1 atom stereocenters. The van der Waals surface area contributed by atoms with Gasteiger partial charge in [-0.15, -0.1) is 0 Å². The molecule has 1 aliphatic rings. The third-order valence-corrected chi connectivity index (χ3v) is 3.59. The molecular formula is C8H14O3S. The molecule has 1 rings (SSSR count). The Balaban J connectivity index is 2.29. The van der Waals surface area contributed by atoms with Crippen LogP contribution in [0.2, 0.25) is 0 Å². The van der Waals surface area contributed by atoms with Gasteiger partial charge in [0.15, 0.2) is 9.84 Å². The van der Waals surface area contributed by atoms with E-state index in [0.29, 0.717) is 13.0 Å². The summed E-state index contributed by atoms with van der Waals surface area (Å²) in [4.78, 5) is 0. The van der Waals surface area contributed by atoms with Crippen LogP contribution in [0.15, 0.2) is 12.2 Å². The van der Waals surface area contributed by atoms with E-state index in [1.807, 2.05) is 19.1 Å². The first-order chi connectivity index (χ1) is 5.64. The minimum absolute atomic E-state index is 0.0776. The molecule has 0 spiro atoms. The van der Waals surface area contributed by atoms with Crippen molar-refractivity contribution >= 4 is 9.84 Å². The molecule has 0 aliphatic carbocycles. The fourth-order valence-corrected chi connectivity index (χ4v) is 2.80. The topological polar surface area (TPSA) is 43.4 Å². The molecule has 3 nitrogen and oxygen atoms in total. The Morgan fingerprint density at radius 2 is 2.33 bits per heavy atom. The summed E-state index contributed by atoms with van der Waals surface area (Å²) < 4.78 is 27.3. The van der Waals surface area contributed by atoms with E-state index in [-0.39, 0.29) is 17.6 Å². The van der Waals surface area contributed by atoms with E-state index in [4.69, 9.17) is 4.74 Å². The maximum absolute atomic E-state index is 11.0. The summed E-state index contributed by atoms with van der Waals surface area (Å²) in [6, 6.07) is 0. The van der Waals surface area contributed by atoms with Crippen molar-refractivity contribution in [1.82, 2.24) is 0 Å². The molecule has 0 aromatic rings. The second-order valence-electron chi connectivity index (χ2n) is 2.93. The standard InChI is InChI=1S/C8H14O3S/c1-2-3-5-11-8-4-6-12(9,10)7-8/h2-3,8H,4-7H2,1H3/b3-2+/t8-/m0/s1. The van der Waals surface area contributed by atoms with E-state index in [9.17, 15) is 8.42 Å². The molecule has 12 heavy (non-hydrogen) atoms. The van der Waals surface area contributed by atoms with E-state index >= 15 is 0 Å². The van der Waals surface area contributed by atoms with Crippen molar-refractivity contribution in [2.24, 2.45) is 0 Å². The number of hydrogen-bond acceptors (Lipinski definition) is 3. The van der Waals surface area contributed by atoms with E-state index < -0.39 is 9.84 Å². The van der Waals surface area contributed by atoms with E-state index in [1.54, 1.807) is 0 Å². The molecule has 1 saturated heterocycles. The number of ether oxygens (including phenoxy) is 1. The van der Waals surface area contributed by atoms with Gasteiger partial charge < -0.3 is 4.74 Å². The average Bonchev–Trinajstić information content (AvgIpc) is 2.31. The molecule has 1 fully saturated rings. The number of sulfone groups is 1. The lowest BCUT2D eigenvalue weighted by Gasteiger charge is -2.06. The van der Waals surface area contributed by atoms with Gasteiger partial charge in [-0.1, -0.05) is 12.2 Å². The van der Waals surface area contributed by atoms with Crippen LogP contribution in [0.5, 0.6) is 0 Å². The summed E-state index contributed by atoms with van der Waals surface area (Å²) >= 11 is 0. The Morgan fingerprint density at radius 3 is 2.83 bits per heavy atom. The highest BCUT2D eigenvalue weighted by Crippen LogP contribution is 2.14. The molecule has 0 aromatic carbocycles. The van der Waals surface area contributed by atoms with Gasteiger partial charge in [0.1, 0.15) is 0 Å². The molecule has 0 N–H and O–H groups in total. The minimum atomic E-state index is -2.78. The zero-order valence-electron chi connectivity index (χ0n) is 7.19. The highest BCUT2D eigenvalue weighted by Gasteiger charge is 2.27. The Hall–Kier alpha value is -0.350. The van der Waals surface area contributed by atoms with Gasteiger partial charge in [-0.2, -0.15) is 0 Å². The number of rotatable bonds is 3. The fourth-order valence-electron chi connectivity index (χ4n) is 1.18. The summed E-state index contributed by atoms with van der Waals surface area (Å²) in [7, 11) is -2.78. The molecule has 0 unspecified atom stereocenters. The number of allylic oxidation sites excluding steroid dienone is 1. The van der Waals surface area contributed by atoms with Crippen molar-refractivity contribution in [2.75, 3.05) is 18.1 Å². The first-order valence-electron chi connectivity index (χ1n) is 4.07. The summed E-state index contributed by atoms with van der Waals surface area (Å²) in [5.41, 5.74) is 0. The highest BCUT2D eigenvalue weighted by atomic mass is 32.2. The average molecular weight is 190 g/mol. The van der Waals surface area contributed by atoms with Crippen molar-refractivity contribution in [3.05, 3.63) is 12.2 Å². The lowest BCUT2D eigenvalue weighted by Crippen LogP contribution is -2.14. The van der Waals surface area contributed by atoms with Gasteiger partial charge in [0.25, 0.3) is 0 Å². The number of hydrogen-bond donors (Lipinski definition) is 0. The minimum Gasteiger partial charge on any atom is -0.373 e. The van der Waals surface area contributed by atoms with Gasteiger partial charge >= 0.3 is 0 Å². The summed E-state index contributed by atoms with van der Waals surface area (Å²) in [6.07, 6.45) is 4.35. The van der Waals surface area contributed by atoms with Crippen LogP contribution in [-0.2, 0) is 14.6 Å². The Labute approximate surface area is 73.3 Å². The Bertz CT molecular complexity index is 253. The molecule has 4 heteroatoms. The van der Waals surface area contributed by atoms with Crippen LogP contribution in [0, 0.1) is 0 Å². The monoisotopic (exact) mass is 190 g/mol. The second kappa shape index (κ2) is 4.05. The van der Waals surface area contributed by atoms with Crippen molar-refractivity contribution in [1.29, 1.82) is 0 Å². The third-order valence-electron chi connectivity index (χ3n) is 1.85. The van der Waals surface area contributed by atoms with E-state index in [0.717, 1.165) is 0 Å². The maximum atomic E-state index is 11.0. The molecule has 0 aromatic heterocycles. The summed E-state index contributed by atoms with van der Waals surface area (Å²) in [5, 5.41) is 0. The molecule has 0 bridgehead atoms. The lowest BCUT2D eigenvalue weighted by molar-refractivity contribution is 0.0937. The molecule has 70 valence electrons. The first kappa shape index (κ1) is 9.74. The zero-order chi connectivity index (χ0) is 9.03. The second-order valence-corrected chi connectivity index (χ2v) is 5.16. The van der Waals surface area contributed by atoms with Crippen LogP contribution in [0.3, 0.4) is 0 Å². The van der Waals surface area contributed by atoms with Gasteiger partial charge in [0.05, 0.1) is 24.2 Å². The summed E-state index contributed by atoms with van der Waals surface area (Å²) in [5.74, 6) is 0.484. The van der Waals surface area contributed by atoms with Gasteiger partial charge in [-0.05, 0) is 13.3 Å². The van der Waals surface area contributed by atoms with Crippen LogP contribution in [0.25, 0.3) is 0 Å². The van der Waals surface area contributed by atoms with Crippen LogP contribution >= 0.6 is 0 Å². The van der Waals surface area contributed by atoms with Crippen LogP contribution in [0.1, 0.15) is 13.3 Å². The Kier molecular flexibility index (Phi) is 3.29. The largest absolute Gasteiger partial charge is 0.373 e. The van der Waals surface area contributed by atoms with Crippen LogP contribution < -0.4 is 0 Å². The molecule has 1 aliphatic heterocycles. The third kappa shape index (κ3) is 2.95. The predicted molar refractivity (Wildman–Crippen MR) is 47.8 cm³/mol. The highest BCUT2D eigenvalue weighted by molar-refractivity contribution is 7.91. The van der Waals surface area contributed by atoms with Crippen molar-refractivity contribution < 1.29 is 13.2 Å². The van der Waals surface area contributed by atoms with Gasteiger partial charge in [-0.3, -0.25) is 0 Å². The van der Waals surface area contributed by atoms with Crippen LogP contribution in [0.4, 0.5) is 0 Å². The first-order valence-corrected chi connectivity index (χ1v) is 5.89. The smallest absolute Gasteiger partial charge is 0.152 e. The summed E-state index contributed by atoms with van der Waals surface area (Å²) in [6.45, 7) is 2.44. The molecule has 1 heterocycles. The predicted octanol–water partition coefficient (Wildman–Crippen LogP) is 0.766. The molecular weight excluding hydrogens is 176 g/mol. The van der Waals surface area contributed by atoms with Gasteiger partial charge in [-0.25, -0.2) is 8.42 Å².